The minimum absolute atomic E-state index is 0.0471. The molecule has 1 aliphatic carbocycles. The van der Waals surface area contributed by atoms with Crippen molar-refractivity contribution in [3.05, 3.63) is 75.7 Å². The van der Waals surface area contributed by atoms with E-state index in [0.717, 1.165) is 5.69 Å². The third-order valence-electron chi connectivity index (χ3n) is 6.89. The van der Waals surface area contributed by atoms with Crippen molar-refractivity contribution < 1.29 is 19.1 Å². The van der Waals surface area contributed by atoms with Gasteiger partial charge >= 0.3 is 5.97 Å². The van der Waals surface area contributed by atoms with Gasteiger partial charge in [0.2, 0.25) is 5.91 Å². The van der Waals surface area contributed by atoms with Gasteiger partial charge < -0.3 is 20.7 Å². The molecule has 3 aliphatic rings. The van der Waals surface area contributed by atoms with Crippen molar-refractivity contribution in [1.29, 1.82) is 0 Å². The number of nitrogens with zero attached hydrogens (tertiary/aromatic N) is 2. The van der Waals surface area contributed by atoms with Gasteiger partial charge in [-0.3, -0.25) is 14.5 Å². The van der Waals surface area contributed by atoms with Crippen molar-refractivity contribution in [2.45, 2.75) is 24.7 Å². The molecule has 0 fully saturated rings. The van der Waals surface area contributed by atoms with Crippen LogP contribution < -0.4 is 20.9 Å². The molecule has 8 nitrogen and oxygen atoms in total. The number of carbonyl (C=O) groups is 3. The molecule has 9 heteroatoms. The Kier molecular flexibility index (Phi) is 5.36. The molecule has 35 heavy (non-hydrogen) atoms. The first kappa shape index (κ1) is 23.0. The zero-order valence-electron chi connectivity index (χ0n) is 19.6. The van der Waals surface area contributed by atoms with Crippen LogP contribution in [0.25, 0.3) is 0 Å². The molecular formula is C26H25ClN4O4. The summed E-state index contributed by atoms with van der Waals surface area (Å²) < 4.78 is 5.13. The fraction of sp³-hybridized carbons (Fsp3) is 0.269. The number of allylic oxidation sites excluding steroid dienone is 1. The number of nitrogens with one attached hydrogen (secondary N) is 1. The summed E-state index contributed by atoms with van der Waals surface area (Å²) in [6.45, 7) is 0. The normalized spacial score (nSPS) is 21.2. The van der Waals surface area contributed by atoms with E-state index in [4.69, 9.17) is 22.1 Å². The summed E-state index contributed by atoms with van der Waals surface area (Å²) in [5.41, 5.74) is 8.29. The Morgan fingerprint density at radius 2 is 1.86 bits per heavy atom. The molecule has 3 N–H and O–H groups in total. The maximum Gasteiger partial charge on any atom is 0.339 e. The summed E-state index contributed by atoms with van der Waals surface area (Å²) in [7, 11) is 5.10. The minimum atomic E-state index is -1.75. The molecule has 1 spiro atoms. The monoisotopic (exact) mass is 492 g/mol. The third kappa shape index (κ3) is 3.16. The zero-order valence-corrected chi connectivity index (χ0v) is 20.4. The van der Waals surface area contributed by atoms with Gasteiger partial charge in [-0.25, -0.2) is 4.79 Å². The summed E-state index contributed by atoms with van der Waals surface area (Å²) in [6.07, 6.45) is 1.37. The average molecular weight is 493 g/mol. The number of carbonyl (C=O) groups excluding carboxylic acids is 3. The molecule has 2 aromatic carbocycles. The van der Waals surface area contributed by atoms with Crippen LogP contribution in [0.2, 0.25) is 5.02 Å². The maximum atomic E-state index is 13.8. The second-order valence-electron chi connectivity index (χ2n) is 8.99. The number of nitrogens with two attached hydrogens (primary N) is 1. The van der Waals surface area contributed by atoms with Crippen molar-refractivity contribution >= 4 is 46.3 Å². The summed E-state index contributed by atoms with van der Waals surface area (Å²) in [6, 6.07) is 12.5. The number of ether oxygens (including phenoxy) is 1. The molecule has 0 radical (unpaired) electrons. The average Bonchev–Trinajstić information content (AvgIpc) is 3.10. The van der Waals surface area contributed by atoms with Gasteiger partial charge in [0.1, 0.15) is 16.8 Å². The van der Waals surface area contributed by atoms with Crippen molar-refractivity contribution in [2.24, 2.45) is 5.73 Å². The van der Waals surface area contributed by atoms with Crippen LogP contribution in [0.5, 0.6) is 0 Å². The molecule has 0 saturated carbocycles. The molecule has 0 saturated heterocycles. The van der Waals surface area contributed by atoms with Gasteiger partial charge in [-0.15, -0.1) is 0 Å². The van der Waals surface area contributed by atoms with Crippen LogP contribution in [-0.4, -0.2) is 38.9 Å². The lowest BCUT2D eigenvalue weighted by Crippen LogP contribution is -2.53. The van der Waals surface area contributed by atoms with E-state index in [1.807, 2.05) is 43.3 Å². The Labute approximate surface area is 208 Å². The van der Waals surface area contributed by atoms with Gasteiger partial charge in [-0.2, -0.15) is 0 Å². The van der Waals surface area contributed by atoms with E-state index >= 15 is 0 Å². The van der Waals surface area contributed by atoms with E-state index in [2.05, 4.69) is 5.32 Å². The number of benzene rings is 2. The molecule has 0 bridgehead atoms. The number of amides is 1. The lowest BCUT2D eigenvalue weighted by Gasteiger charge is -2.44. The second kappa shape index (κ2) is 8.16. The Hall–Kier alpha value is -3.78. The Bertz CT molecular complexity index is 1350. The molecule has 180 valence electrons. The number of ketones is 1. The Morgan fingerprint density at radius 3 is 2.51 bits per heavy atom. The summed E-state index contributed by atoms with van der Waals surface area (Å²) in [5.74, 6) is -1.47. The standard InChI is InChI=1S/C26H25ClN4O4/c1-30(2)15-8-10-16(11-9-15)31-19-5-4-6-20(32)21(19)26(22(23(31)28)24(33)35-3)17-13-14(27)7-12-18(17)29-25(26)34/h7-13H,4-6,28H2,1-3H3,(H,29,34). The molecule has 2 heterocycles. The van der Waals surface area contributed by atoms with Crippen molar-refractivity contribution in [3.63, 3.8) is 0 Å². The highest BCUT2D eigenvalue weighted by atomic mass is 35.5. The molecular weight excluding hydrogens is 468 g/mol. The van der Waals surface area contributed by atoms with Gasteiger partial charge in [0.05, 0.1) is 7.11 Å². The van der Waals surface area contributed by atoms with E-state index in [-0.39, 0.29) is 29.2 Å². The molecule has 0 aromatic heterocycles. The maximum absolute atomic E-state index is 13.8. The number of rotatable bonds is 3. The number of Topliss-reactive ketones (excluding diaryl/α,β-unsaturated/α-hetero) is 1. The first-order valence-electron chi connectivity index (χ1n) is 11.3. The van der Waals surface area contributed by atoms with Crippen LogP contribution in [0.4, 0.5) is 17.1 Å². The second-order valence-corrected chi connectivity index (χ2v) is 9.43. The van der Waals surface area contributed by atoms with E-state index in [1.54, 1.807) is 23.1 Å². The van der Waals surface area contributed by atoms with Crippen LogP contribution in [0.15, 0.2) is 65.1 Å². The largest absolute Gasteiger partial charge is 0.466 e. The quantitative estimate of drug-likeness (QED) is 0.632. The predicted octanol–water partition coefficient (Wildman–Crippen LogP) is 3.47. The fourth-order valence-electron chi connectivity index (χ4n) is 5.38. The molecule has 1 atom stereocenters. The number of esters is 1. The number of halogens is 1. The summed E-state index contributed by atoms with van der Waals surface area (Å²) in [4.78, 5) is 44.4. The number of anilines is 3. The highest BCUT2D eigenvalue weighted by Gasteiger charge is 2.62. The van der Waals surface area contributed by atoms with Crippen molar-refractivity contribution in [1.82, 2.24) is 0 Å². The summed E-state index contributed by atoms with van der Waals surface area (Å²) >= 11 is 6.33. The highest BCUT2D eigenvalue weighted by Crippen LogP contribution is 2.55. The molecule has 5 rings (SSSR count). The van der Waals surface area contributed by atoms with Crippen LogP contribution in [0.3, 0.4) is 0 Å². The molecule has 2 aromatic rings. The van der Waals surface area contributed by atoms with E-state index in [9.17, 15) is 14.4 Å². The van der Waals surface area contributed by atoms with Crippen molar-refractivity contribution in [2.75, 3.05) is 36.3 Å². The van der Waals surface area contributed by atoms with Crippen LogP contribution in [0.1, 0.15) is 24.8 Å². The number of methoxy groups -OCH3 is 1. The molecule has 1 unspecified atom stereocenters. The number of fused-ring (bicyclic) bond motifs is 3. The van der Waals surface area contributed by atoms with E-state index in [0.29, 0.717) is 40.5 Å². The number of hydrogen-bond acceptors (Lipinski definition) is 7. The summed E-state index contributed by atoms with van der Waals surface area (Å²) in [5, 5.41) is 3.21. The van der Waals surface area contributed by atoms with Crippen LogP contribution in [0, 0.1) is 0 Å². The lowest BCUT2D eigenvalue weighted by atomic mass is 9.63. The Morgan fingerprint density at radius 1 is 1.14 bits per heavy atom. The van der Waals surface area contributed by atoms with Gasteiger partial charge in [-0.1, -0.05) is 11.6 Å². The predicted molar refractivity (Wildman–Crippen MR) is 134 cm³/mol. The molecule has 2 aliphatic heterocycles. The molecule has 1 amide bonds. The SMILES string of the molecule is COC(=O)C1=C(N)N(c2ccc(N(C)C)cc2)C2=C(C(=O)CCC2)C12C(=O)Nc1ccc(Cl)cc12. The van der Waals surface area contributed by atoms with Gasteiger partial charge in [-0.05, 0) is 55.3 Å². The first-order chi connectivity index (χ1) is 16.7. The van der Waals surface area contributed by atoms with Crippen LogP contribution >= 0.6 is 11.6 Å². The highest BCUT2D eigenvalue weighted by molar-refractivity contribution is 6.31. The van der Waals surface area contributed by atoms with Gasteiger partial charge in [0.15, 0.2) is 5.78 Å². The lowest BCUT2D eigenvalue weighted by molar-refractivity contribution is -0.138. The Balaban J connectivity index is 1.86. The zero-order chi connectivity index (χ0) is 25.1. The van der Waals surface area contributed by atoms with E-state index in [1.165, 1.54) is 7.11 Å². The number of hydrogen-bond donors (Lipinski definition) is 2. The third-order valence-corrected chi connectivity index (χ3v) is 7.13. The van der Waals surface area contributed by atoms with Crippen LogP contribution in [-0.2, 0) is 24.5 Å². The van der Waals surface area contributed by atoms with E-state index < -0.39 is 17.3 Å². The fourth-order valence-corrected chi connectivity index (χ4v) is 5.55. The smallest absolute Gasteiger partial charge is 0.339 e. The van der Waals surface area contributed by atoms with Crippen molar-refractivity contribution in [3.8, 4) is 0 Å². The topological polar surface area (TPSA) is 105 Å². The first-order valence-corrected chi connectivity index (χ1v) is 11.6. The minimum Gasteiger partial charge on any atom is -0.466 e. The van der Waals surface area contributed by atoms with Gasteiger partial charge in [0.25, 0.3) is 0 Å². The van der Waals surface area contributed by atoms with Gasteiger partial charge in [0, 0.05) is 59.4 Å².